The van der Waals surface area contributed by atoms with Gasteiger partial charge in [-0.1, -0.05) is 12.5 Å². The van der Waals surface area contributed by atoms with Gasteiger partial charge in [-0.3, -0.25) is 0 Å². The van der Waals surface area contributed by atoms with E-state index in [-0.39, 0.29) is 16.6 Å². The van der Waals surface area contributed by atoms with Gasteiger partial charge in [-0.15, -0.1) is 0 Å². The highest BCUT2D eigenvalue weighted by molar-refractivity contribution is 7.89. The number of hydrogen-bond acceptors (Lipinski definition) is 4. The van der Waals surface area contributed by atoms with Gasteiger partial charge in [-0.2, -0.15) is 0 Å². The summed E-state index contributed by atoms with van der Waals surface area (Å²) in [7, 11) is -3.83. The van der Waals surface area contributed by atoms with E-state index in [4.69, 9.17) is 9.88 Å². The summed E-state index contributed by atoms with van der Waals surface area (Å²) in [5.41, 5.74) is 0.743. The van der Waals surface area contributed by atoms with Gasteiger partial charge < -0.3 is 4.74 Å². The Morgan fingerprint density at radius 1 is 1.25 bits per heavy atom. The van der Waals surface area contributed by atoms with Crippen molar-refractivity contribution in [3.63, 3.8) is 0 Å². The van der Waals surface area contributed by atoms with Crippen LogP contribution in [0.15, 0.2) is 23.1 Å². The van der Waals surface area contributed by atoms with E-state index in [1.54, 1.807) is 19.1 Å². The van der Waals surface area contributed by atoms with Gasteiger partial charge in [-0.25, -0.2) is 18.4 Å². The number of aryl methyl sites for hydroxylation is 1. The Bertz CT molecular complexity index is 604. The van der Waals surface area contributed by atoms with Gasteiger partial charge in [0.25, 0.3) is 0 Å². The van der Waals surface area contributed by atoms with E-state index in [1.807, 2.05) is 0 Å². The van der Waals surface area contributed by atoms with Crippen molar-refractivity contribution in [1.82, 2.24) is 0 Å². The summed E-state index contributed by atoms with van der Waals surface area (Å²) in [5.74, 6) is -0.484. The third-order valence-corrected chi connectivity index (χ3v) is 4.61. The average Bonchev–Trinajstić information content (AvgIpc) is 2.39. The number of rotatable bonds is 3. The Morgan fingerprint density at radius 3 is 2.50 bits per heavy atom. The molecule has 1 aromatic carbocycles. The van der Waals surface area contributed by atoms with Crippen molar-refractivity contribution in [2.75, 3.05) is 0 Å². The maximum atomic E-state index is 12.0. The molecule has 2 N–H and O–H groups in total. The predicted octanol–water partition coefficient (Wildman–Crippen LogP) is 2.13. The topological polar surface area (TPSA) is 86.5 Å². The summed E-state index contributed by atoms with van der Waals surface area (Å²) in [6, 6.07) is 4.42. The van der Waals surface area contributed by atoms with E-state index in [0.717, 1.165) is 25.7 Å². The standard InChI is InChI=1S/C14H19NO4S/c1-10-7-8-11(9-13(10)20(15,17)18)14(16)19-12-5-3-2-4-6-12/h7-9,12H,2-6H2,1H3,(H2,15,17,18). The van der Waals surface area contributed by atoms with E-state index in [2.05, 4.69) is 0 Å². The largest absolute Gasteiger partial charge is 0.459 e. The molecule has 0 radical (unpaired) electrons. The van der Waals surface area contributed by atoms with Crippen molar-refractivity contribution in [3.05, 3.63) is 29.3 Å². The van der Waals surface area contributed by atoms with Crippen LogP contribution >= 0.6 is 0 Å². The normalized spacial score (nSPS) is 16.9. The summed E-state index contributed by atoms with van der Waals surface area (Å²) in [6.45, 7) is 1.63. The lowest BCUT2D eigenvalue weighted by atomic mass is 9.98. The van der Waals surface area contributed by atoms with Crippen LogP contribution in [0.5, 0.6) is 0 Å². The highest BCUT2D eigenvalue weighted by Gasteiger charge is 2.20. The zero-order valence-electron chi connectivity index (χ0n) is 11.5. The Kier molecular flexibility index (Phi) is 4.45. The molecule has 0 bridgehead atoms. The molecule has 1 aliphatic rings. The summed E-state index contributed by atoms with van der Waals surface area (Å²) in [4.78, 5) is 12.0. The number of hydrogen-bond donors (Lipinski definition) is 1. The van der Waals surface area contributed by atoms with Crippen LogP contribution in [-0.2, 0) is 14.8 Å². The molecule has 0 atom stereocenters. The summed E-state index contributed by atoms with van der Waals surface area (Å²) >= 11 is 0. The highest BCUT2D eigenvalue weighted by atomic mass is 32.2. The molecule has 0 aliphatic heterocycles. The van der Waals surface area contributed by atoms with Crippen molar-refractivity contribution < 1.29 is 17.9 Å². The molecule has 0 aromatic heterocycles. The fourth-order valence-electron chi connectivity index (χ4n) is 2.44. The second-order valence-corrected chi connectivity index (χ2v) is 6.72. The first-order chi connectivity index (χ1) is 9.38. The quantitative estimate of drug-likeness (QED) is 0.866. The van der Waals surface area contributed by atoms with Gasteiger partial charge in [0.05, 0.1) is 10.5 Å². The van der Waals surface area contributed by atoms with Crippen molar-refractivity contribution in [2.45, 2.75) is 50.0 Å². The zero-order valence-corrected chi connectivity index (χ0v) is 12.3. The zero-order chi connectivity index (χ0) is 14.8. The SMILES string of the molecule is Cc1ccc(C(=O)OC2CCCCC2)cc1S(N)(=O)=O. The van der Waals surface area contributed by atoms with Crippen LogP contribution in [0.4, 0.5) is 0 Å². The fourth-order valence-corrected chi connectivity index (χ4v) is 3.24. The molecule has 0 saturated heterocycles. The molecule has 0 spiro atoms. The third kappa shape index (κ3) is 3.58. The van der Waals surface area contributed by atoms with Crippen LogP contribution in [0.3, 0.4) is 0 Å². The first-order valence-electron chi connectivity index (χ1n) is 6.72. The molecule has 1 aromatic rings. The van der Waals surface area contributed by atoms with Crippen LogP contribution in [0, 0.1) is 6.92 Å². The van der Waals surface area contributed by atoms with Crippen LogP contribution in [0.25, 0.3) is 0 Å². The number of primary sulfonamides is 1. The minimum Gasteiger partial charge on any atom is -0.459 e. The van der Waals surface area contributed by atoms with E-state index < -0.39 is 16.0 Å². The number of benzene rings is 1. The lowest BCUT2D eigenvalue weighted by Gasteiger charge is -2.21. The molecule has 1 saturated carbocycles. The number of ether oxygens (including phenoxy) is 1. The summed E-state index contributed by atoms with van der Waals surface area (Å²) in [6.07, 6.45) is 4.99. The fraction of sp³-hybridized carbons (Fsp3) is 0.500. The maximum absolute atomic E-state index is 12.0. The number of carbonyl (C=O) groups is 1. The lowest BCUT2D eigenvalue weighted by molar-refractivity contribution is 0.0211. The Labute approximate surface area is 119 Å². The Morgan fingerprint density at radius 2 is 1.90 bits per heavy atom. The molecule has 0 unspecified atom stereocenters. The Balaban J connectivity index is 2.18. The minimum atomic E-state index is -3.83. The molecule has 1 fully saturated rings. The van der Waals surface area contributed by atoms with Crippen LogP contribution in [-0.4, -0.2) is 20.5 Å². The molecule has 0 amide bonds. The van der Waals surface area contributed by atoms with E-state index in [9.17, 15) is 13.2 Å². The van der Waals surface area contributed by atoms with Gasteiger partial charge in [0.1, 0.15) is 6.10 Å². The van der Waals surface area contributed by atoms with Gasteiger partial charge in [0.2, 0.25) is 10.0 Å². The molecular formula is C14H19NO4S. The van der Waals surface area contributed by atoms with Crippen molar-refractivity contribution >= 4 is 16.0 Å². The Hall–Kier alpha value is -1.40. The van der Waals surface area contributed by atoms with Crippen LogP contribution in [0.2, 0.25) is 0 Å². The van der Waals surface area contributed by atoms with Crippen LogP contribution < -0.4 is 5.14 Å². The van der Waals surface area contributed by atoms with E-state index >= 15 is 0 Å². The van der Waals surface area contributed by atoms with Gasteiger partial charge in [-0.05, 0) is 50.3 Å². The minimum absolute atomic E-state index is 0.0319. The second-order valence-electron chi connectivity index (χ2n) is 5.19. The van der Waals surface area contributed by atoms with Gasteiger partial charge >= 0.3 is 5.97 Å². The first-order valence-corrected chi connectivity index (χ1v) is 8.27. The average molecular weight is 297 g/mol. The molecular weight excluding hydrogens is 278 g/mol. The molecule has 5 nitrogen and oxygen atoms in total. The molecule has 110 valence electrons. The van der Waals surface area contributed by atoms with Crippen molar-refractivity contribution in [3.8, 4) is 0 Å². The predicted molar refractivity (Wildman–Crippen MR) is 74.8 cm³/mol. The van der Waals surface area contributed by atoms with Crippen molar-refractivity contribution in [2.24, 2.45) is 5.14 Å². The molecule has 1 aliphatic carbocycles. The van der Waals surface area contributed by atoms with E-state index in [0.29, 0.717) is 5.56 Å². The van der Waals surface area contributed by atoms with Gasteiger partial charge in [0, 0.05) is 0 Å². The first kappa shape index (κ1) is 15.0. The van der Waals surface area contributed by atoms with E-state index in [1.165, 1.54) is 12.5 Å². The third-order valence-electron chi connectivity index (χ3n) is 3.56. The maximum Gasteiger partial charge on any atom is 0.338 e. The monoisotopic (exact) mass is 297 g/mol. The number of nitrogens with two attached hydrogens (primary N) is 1. The molecule has 6 heteroatoms. The number of carbonyl (C=O) groups excluding carboxylic acids is 1. The smallest absolute Gasteiger partial charge is 0.338 e. The number of esters is 1. The molecule has 2 rings (SSSR count). The molecule has 20 heavy (non-hydrogen) atoms. The summed E-state index contributed by atoms with van der Waals surface area (Å²) in [5, 5.41) is 5.13. The second kappa shape index (κ2) is 5.93. The highest BCUT2D eigenvalue weighted by Crippen LogP contribution is 2.22. The van der Waals surface area contributed by atoms with Crippen molar-refractivity contribution in [1.29, 1.82) is 0 Å². The molecule has 0 heterocycles. The van der Waals surface area contributed by atoms with Gasteiger partial charge in [0.15, 0.2) is 0 Å². The number of sulfonamides is 1. The van der Waals surface area contributed by atoms with Crippen LogP contribution in [0.1, 0.15) is 48.0 Å². The lowest BCUT2D eigenvalue weighted by Crippen LogP contribution is -2.21. The summed E-state index contributed by atoms with van der Waals surface area (Å²) < 4.78 is 28.3.